The Morgan fingerprint density at radius 1 is 0.852 bits per heavy atom. The van der Waals surface area contributed by atoms with Crippen molar-refractivity contribution in [1.82, 2.24) is 5.32 Å². The highest BCUT2D eigenvalue weighted by Gasteiger charge is 2.16. The highest BCUT2D eigenvalue weighted by Crippen LogP contribution is 2.21. The van der Waals surface area contributed by atoms with Crippen LogP contribution in [0.25, 0.3) is 0 Å². The minimum atomic E-state index is -0.516. The fraction of sp³-hybridized carbons (Fsp3) is 0.0476. The van der Waals surface area contributed by atoms with Gasteiger partial charge in [0.15, 0.2) is 0 Å². The number of carbonyl (C=O) groups excluding carboxylic acids is 2. The number of halogens is 2. The molecule has 0 spiro atoms. The molecule has 6 heteroatoms. The van der Waals surface area contributed by atoms with Crippen LogP contribution in [-0.2, 0) is 6.54 Å². The topological polar surface area (TPSA) is 58.2 Å². The van der Waals surface area contributed by atoms with Gasteiger partial charge in [-0.2, -0.15) is 0 Å². The summed E-state index contributed by atoms with van der Waals surface area (Å²) in [6, 6.07) is 20.0. The lowest BCUT2D eigenvalue weighted by Gasteiger charge is -2.12. The molecule has 0 saturated carbocycles. The maximum Gasteiger partial charge on any atom is 0.256 e. The first-order valence-corrected chi connectivity index (χ1v) is 9.01. The molecule has 4 nitrogen and oxygen atoms in total. The van der Waals surface area contributed by atoms with E-state index in [4.69, 9.17) is 0 Å². The lowest BCUT2D eigenvalue weighted by molar-refractivity contribution is 0.0952. The van der Waals surface area contributed by atoms with E-state index in [0.717, 1.165) is 11.6 Å². The second-order valence-corrected chi connectivity index (χ2v) is 6.65. The third kappa shape index (κ3) is 4.80. The summed E-state index contributed by atoms with van der Waals surface area (Å²) in [5.74, 6) is -1.34. The molecule has 0 saturated heterocycles. The summed E-state index contributed by atoms with van der Waals surface area (Å²) in [4.78, 5) is 25.0. The molecule has 0 atom stereocenters. The summed E-state index contributed by atoms with van der Waals surface area (Å²) < 4.78 is 13.9. The SMILES string of the molecule is O=C(Nc1ccccc1C(=O)NCc1ccccc1)c1cc(F)ccc1Br. The number of rotatable bonds is 5. The smallest absolute Gasteiger partial charge is 0.256 e. The highest BCUT2D eigenvalue weighted by atomic mass is 79.9. The van der Waals surface area contributed by atoms with Gasteiger partial charge < -0.3 is 10.6 Å². The Labute approximate surface area is 164 Å². The van der Waals surface area contributed by atoms with Crippen LogP contribution in [0, 0.1) is 5.82 Å². The Bertz CT molecular complexity index is 977. The number of amides is 2. The van der Waals surface area contributed by atoms with E-state index in [1.165, 1.54) is 12.1 Å². The average molecular weight is 427 g/mol. The number of hydrogen-bond donors (Lipinski definition) is 2. The van der Waals surface area contributed by atoms with Crippen LogP contribution in [0.3, 0.4) is 0 Å². The molecule has 3 rings (SSSR count). The lowest BCUT2D eigenvalue weighted by Crippen LogP contribution is -2.25. The van der Waals surface area contributed by atoms with Crippen molar-refractivity contribution in [3.05, 3.63) is 99.8 Å². The van der Waals surface area contributed by atoms with Gasteiger partial charge in [0, 0.05) is 11.0 Å². The van der Waals surface area contributed by atoms with E-state index in [0.29, 0.717) is 22.3 Å². The minimum Gasteiger partial charge on any atom is -0.348 e. The molecule has 0 radical (unpaired) electrons. The number of anilines is 1. The van der Waals surface area contributed by atoms with Gasteiger partial charge in [-0.3, -0.25) is 9.59 Å². The third-order valence-corrected chi connectivity index (χ3v) is 4.58. The molecular weight excluding hydrogens is 411 g/mol. The van der Waals surface area contributed by atoms with Gasteiger partial charge in [0.1, 0.15) is 5.82 Å². The third-order valence-electron chi connectivity index (χ3n) is 3.89. The molecule has 0 aromatic heterocycles. The number of hydrogen-bond acceptors (Lipinski definition) is 2. The van der Waals surface area contributed by atoms with Crippen LogP contribution in [-0.4, -0.2) is 11.8 Å². The largest absolute Gasteiger partial charge is 0.348 e. The zero-order valence-corrected chi connectivity index (χ0v) is 15.8. The fourth-order valence-electron chi connectivity index (χ4n) is 2.52. The van der Waals surface area contributed by atoms with Crippen molar-refractivity contribution in [2.24, 2.45) is 0 Å². The minimum absolute atomic E-state index is 0.148. The Morgan fingerprint density at radius 2 is 1.56 bits per heavy atom. The summed E-state index contributed by atoms with van der Waals surface area (Å²) >= 11 is 3.24. The normalized spacial score (nSPS) is 10.3. The molecular formula is C21H16BrFN2O2. The van der Waals surface area contributed by atoms with Gasteiger partial charge in [0.2, 0.25) is 0 Å². The summed E-state index contributed by atoms with van der Waals surface area (Å²) in [5, 5.41) is 5.51. The van der Waals surface area contributed by atoms with Gasteiger partial charge in [-0.05, 0) is 51.8 Å². The molecule has 0 heterocycles. The van der Waals surface area contributed by atoms with Gasteiger partial charge in [-0.1, -0.05) is 42.5 Å². The molecule has 0 aliphatic heterocycles. The van der Waals surface area contributed by atoms with Crippen LogP contribution in [0.5, 0.6) is 0 Å². The van der Waals surface area contributed by atoms with E-state index < -0.39 is 11.7 Å². The van der Waals surface area contributed by atoms with Crippen molar-refractivity contribution in [1.29, 1.82) is 0 Å². The summed E-state index contributed by atoms with van der Waals surface area (Å²) in [7, 11) is 0. The number of para-hydroxylation sites is 1. The van der Waals surface area contributed by atoms with Crippen LogP contribution >= 0.6 is 15.9 Å². The van der Waals surface area contributed by atoms with Crippen molar-refractivity contribution in [2.75, 3.05) is 5.32 Å². The Hall–Kier alpha value is -2.99. The van der Waals surface area contributed by atoms with Crippen molar-refractivity contribution in [3.8, 4) is 0 Å². The van der Waals surface area contributed by atoms with E-state index in [1.807, 2.05) is 30.3 Å². The Balaban J connectivity index is 1.76. The predicted octanol–water partition coefficient (Wildman–Crippen LogP) is 4.77. The van der Waals surface area contributed by atoms with Gasteiger partial charge in [0.05, 0.1) is 16.8 Å². The van der Waals surface area contributed by atoms with Crippen molar-refractivity contribution in [3.63, 3.8) is 0 Å². The van der Waals surface area contributed by atoms with Crippen molar-refractivity contribution in [2.45, 2.75) is 6.54 Å². The first-order chi connectivity index (χ1) is 13.0. The number of benzene rings is 3. The predicted molar refractivity (Wildman–Crippen MR) is 106 cm³/mol. The number of nitrogens with one attached hydrogen (secondary N) is 2. The second-order valence-electron chi connectivity index (χ2n) is 5.79. The molecule has 2 amide bonds. The standard InChI is InChI=1S/C21H16BrFN2O2/c22-18-11-10-15(23)12-17(18)21(27)25-19-9-5-4-8-16(19)20(26)24-13-14-6-2-1-3-7-14/h1-12H,13H2,(H,24,26)(H,25,27). The van der Waals surface area contributed by atoms with E-state index >= 15 is 0 Å². The van der Waals surface area contributed by atoms with Crippen LogP contribution < -0.4 is 10.6 Å². The summed E-state index contributed by atoms with van der Waals surface area (Å²) in [6.07, 6.45) is 0. The zero-order chi connectivity index (χ0) is 19.2. The van der Waals surface area contributed by atoms with Crippen LogP contribution in [0.1, 0.15) is 26.3 Å². The van der Waals surface area contributed by atoms with Crippen LogP contribution in [0.2, 0.25) is 0 Å². The quantitative estimate of drug-likeness (QED) is 0.617. The summed E-state index contributed by atoms with van der Waals surface area (Å²) in [6.45, 7) is 0.372. The van der Waals surface area contributed by atoms with E-state index in [1.54, 1.807) is 24.3 Å². The first kappa shape index (κ1) is 18.8. The maximum atomic E-state index is 13.5. The Morgan fingerprint density at radius 3 is 2.33 bits per heavy atom. The van der Waals surface area contributed by atoms with E-state index in [-0.39, 0.29) is 11.5 Å². The summed E-state index contributed by atoms with van der Waals surface area (Å²) in [5.41, 5.74) is 1.80. The second kappa shape index (κ2) is 8.60. The van der Waals surface area contributed by atoms with E-state index in [2.05, 4.69) is 26.6 Å². The van der Waals surface area contributed by atoms with Crippen LogP contribution in [0.15, 0.2) is 77.3 Å². The molecule has 0 bridgehead atoms. The fourth-order valence-corrected chi connectivity index (χ4v) is 2.95. The molecule has 0 aliphatic carbocycles. The Kier molecular flexibility index (Phi) is 5.98. The van der Waals surface area contributed by atoms with Gasteiger partial charge >= 0.3 is 0 Å². The van der Waals surface area contributed by atoms with Gasteiger partial charge in [-0.15, -0.1) is 0 Å². The molecule has 136 valence electrons. The van der Waals surface area contributed by atoms with E-state index in [9.17, 15) is 14.0 Å². The highest BCUT2D eigenvalue weighted by molar-refractivity contribution is 9.10. The lowest BCUT2D eigenvalue weighted by atomic mass is 10.1. The molecule has 0 fully saturated rings. The monoisotopic (exact) mass is 426 g/mol. The molecule has 3 aromatic rings. The molecule has 0 aliphatic rings. The zero-order valence-electron chi connectivity index (χ0n) is 14.2. The van der Waals surface area contributed by atoms with Gasteiger partial charge in [0.25, 0.3) is 11.8 Å². The van der Waals surface area contributed by atoms with Crippen molar-refractivity contribution < 1.29 is 14.0 Å². The molecule has 27 heavy (non-hydrogen) atoms. The first-order valence-electron chi connectivity index (χ1n) is 8.22. The van der Waals surface area contributed by atoms with Crippen molar-refractivity contribution >= 4 is 33.4 Å². The maximum absolute atomic E-state index is 13.5. The number of carbonyl (C=O) groups is 2. The molecule has 0 unspecified atom stereocenters. The van der Waals surface area contributed by atoms with Crippen LogP contribution in [0.4, 0.5) is 10.1 Å². The molecule has 3 aromatic carbocycles. The van der Waals surface area contributed by atoms with Gasteiger partial charge in [-0.25, -0.2) is 4.39 Å². The molecule has 2 N–H and O–H groups in total. The average Bonchev–Trinajstić information content (AvgIpc) is 2.69.